The second-order valence-electron chi connectivity index (χ2n) is 14.6. The summed E-state index contributed by atoms with van der Waals surface area (Å²) in [7, 11) is -4.28. The molecule has 0 aromatic carbocycles. The minimum absolute atomic E-state index is 0.0979. The topological polar surface area (TPSA) is 130 Å². The lowest BCUT2D eigenvalue weighted by Gasteiger charge is -2.20. The number of carbonyl (C=O) groups excluding carboxylic acids is 1. The highest BCUT2D eigenvalue weighted by Crippen LogP contribution is 2.43. The van der Waals surface area contributed by atoms with Gasteiger partial charge in [-0.2, -0.15) is 0 Å². The summed E-state index contributed by atoms with van der Waals surface area (Å²) in [6.45, 7) is 4.89. The van der Waals surface area contributed by atoms with Crippen molar-refractivity contribution >= 4 is 13.8 Å². The predicted octanol–water partition coefficient (Wildman–Crippen LogP) is 11.3. The van der Waals surface area contributed by atoms with Gasteiger partial charge in [0.2, 0.25) is 0 Å². The highest BCUT2D eigenvalue weighted by atomic mass is 31.2. The molecule has 1 aliphatic rings. The fourth-order valence-electron chi connectivity index (χ4n) is 6.37. The van der Waals surface area contributed by atoms with Gasteiger partial charge in [-0.1, -0.05) is 148 Å². The molecule has 0 bridgehead atoms. The second-order valence-corrected chi connectivity index (χ2v) is 16.0. The smallest absolute Gasteiger partial charge is 0.457 e. The Labute approximate surface area is 313 Å². The number of phosphoric ester groups is 1. The Hall–Kier alpha value is -0.800. The number of esters is 1. The molecule has 4 atom stereocenters. The minimum Gasteiger partial charge on any atom is -0.457 e. The van der Waals surface area contributed by atoms with Gasteiger partial charge in [0.15, 0.2) is 0 Å². The van der Waals surface area contributed by atoms with Crippen molar-refractivity contribution in [3.63, 3.8) is 0 Å². The van der Waals surface area contributed by atoms with Gasteiger partial charge in [0, 0.05) is 19.6 Å². The molecular weight excluding hydrogens is 665 g/mol. The average Bonchev–Trinajstić information content (AvgIpc) is 3.88. The van der Waals surface area contributed by atoms with Crippen molar-refractivity contribution in [3.8, 4) is 0 Å². The van der Waals surface area contributed by atoms with E-state index in [4.69, 9.17) is 29.0 Å². The van der Waals surface area contributed by atoms with Crippen LogP contribution in [0.15, 0.2) is 12.2 Å². The Balaban J connectivity index is 2.11. The third-order valence-electron chi connectivity index (χ3n) is 9.60. The zero-order valence-electron chi connectivity index (χ0n) is 33.1. The summed E-state index contributed by atoms with van der Waals surface area (Å²) in [4.78, 5) is 22.5. The fraction of sp³-hybridized carbons (Fsp3) is 0.927. The first-order valence-corrected chi connectivity index (χ1v) is 22.8. The molecule has 0 radical (unpaired) electrons. The quantitative estimate of drug-likeness (QED) is 0.0207. The van der Waals surface area contributed by atoms with Gasteiger partial charge in [0.25, 0.3) is 0 Å². The SMILES string of the molecule is CCCCCCCC/C=C\CCCCCCCCOCC(COP(=O)(O)OCCN)OC(=O)CCCCCCCCCC1OC1CCCCCC. The first-order chi connectivity index (χ1) is 24.9. The van der Waals surface area contributed by atoms with E-state index in [1.165, 1.54) is 141 Å². The maximum absolute atomic E-state index is 12.6. The highest BCUT2D eigenvalue weighted by Gasteiger charge is 2.36. The number of phosphoric acid groups is 1. The zero-order chi connectivity index (χ0) is 37.1. The van der Waals surface area contributed by atoms with E-state index in [0.717, 1.165) is 32.1 Å². The van der Waals surface area contributed by atoms with Crippen LogP contribution in [0.3, 0.4) is 0 Å². The molecule has 1 rings (SSSR count). The van der Waals surface area contributed by atoms with E-state index in [-0.39, 0.29) is 32.3 Å². The van der Waals surface area contributed by atoms with E-state index in [1.807, 2.05) is 0 Å². The van der Waals surface area contributed by atoms with Crippen molar-refractivity contribution in [2.24, 2.45) is 5.73 Å². The number of nitrogens with two attached hydrogens (primary N) is 1. The van der Waals surface area contributed by atoms with Crippen LogP contribution in [0.25, 0.3) is 0 Å². The Morgan fingerprint density at radius 2 is 1.16 bits per heavy atom. The van der Waals surface area contributed by atoms with Crippen LogP contribution in [0, 0.1) is 0 Å². The van der Waals surface area contributed by atoms with Gasteiger partial charge in [-0.25, -0.2) is 4.57 Å². The number of rotatable bonds is 40. The molecule has 4 unspecified atom stereocenters. The van der Waals surface area contributed by atoms with Crippen molar-refractivity contribution in [3.05, 3.63) is 12.2 Å². The molecule has 3 N–H and O–H groups in total. The molecule has 0 saturated carbocycles. The zero-order valence-corrected chi connectivity index (χ0v) is 33.9. The van der Waals surface area contributed by atoms with Crippen LogP contribution in [-0.4, -0.2) is 62.1 Å². The number of epoxide rings is 1. The summed E-state index contributed by atoms with van der Waals surface area (Å²) in [5.74, 6) is -0.339. The third-order valence-corrected chi connectivity index (χ3v) is 10.6. The van der Waals surface area contributed by atoms with Crippen LogP contribution in [0.5, 0.6) is 0 Å². The first kappa shape index (κ1) is 48.2. The van der Waals surface area contributed by atoms with E-state index in [0.29, 0.717) is 25.2 Å². The van der Waals surface area contributed by atoms with E-state index >= 15 is 0 Å². The number of hydrogen-bond donors (Lipinski definition) is 2. The lowest BCUT2D eigenvalue weighted by atomic mass is 10.0. The molecule has 0 amide bonds. The third kappa shape index (κ3) is 32.4. The number of unbranched alkanes of at least 4 members (excludes halogenated alkanes) is 21. The molecule has 51 heavy (non-hydrogen) atoms. The summed E-state index contributed by atoms with van der Waals surface area (Å²) < 4.78 is 39.2. The number of carbonyl (C=O) groups is 1. The molecule has 1 aliphatic heterocycles. The van der Waals surface area contributed by atoms with Crippen molar-refractivity contribution in [2.45, 2.75) is 212 Å². The molecule has 1 heterocycles. The molecule has 1 fully saturated rings. The van der Waals surface area contributed by atoms with E-state index in [2.05, 4.69) is 26.0 Å². The van der Waals surface area contributed by atoms with E-state index < -0.39 is 13.9 Å². The molecule has 9 nitrogen and oxygen atoms in total. The molecule has 0 aromatic heterocycles. The number of hydrogen-bond acceptors (Lipinski definition) is 8. The minimum atomic E-state index is -4.28. The second kappa shape index (κ2) is 34.9. The molecule has 0 aromatic rings. The summed E-state index contributed by atoms with van der Waals surface area (Å²) in [5, 5.41) is 0. The summed E-state index contributed by atoms with van der Waals surface area (Å²) in [6, 6.07) is 0. The summed E-state index contributed by atoms with van der Waals surface area (Å²) >= 11 is 0. The van der Waals surface area contributed by atoms with Gasteiger partial charge in [0.1, 0.15) is 6.10 Å². The molecule has 1 saturated heterocycles. The summed E-state index contributed by atoms with van der Waals surface area (Å²) in [5.41, 5.74) is 5.37. The largest absolute Gasteiger partial charge is 0.472 e. The van der Waals surface area contributed by atoms with Gasteiger partial charge in [-0.05, 0) is 51.4 Å². The van der Waals surface area contributed by atoms with Gasteiger partial charge in [-0.15, -0.1) is 0 Å². The first-order valence-electron chi connectivity index (χ1n) is 21.3. The van der Waals surface area contributed by atoms with Crippen LogP contribution in [0.1, 0.15) is 194 Å². The van der Waals surface area contributed by atoms with E-state index in [1.54, 1.807) is 0 Å². The van der Waals surface area contributed by atoms with Gasteiger partial charge >= 0.3 is 13.8 Å². The predicted molar refractivity (Wildman–Crippen MR) is 210 cm³/mol. The summed E-state index contributed by atoms with van der Waals surface area (Å²) in [6.07, 6.45) is 38.1. The number of allylic oxidation sites excluding steroid dienone is 2. The lowest BCUT2D eigenvalue weighted by Crippen LogP contribution is -2.28. The molecule has 302 valence electrons. The molecular formula is C41H80NO8P. The van der Waals surface area contributed by atoms with Crippen LogP contribution in [0.4, 0.5) is 0 Å². The lowest BCUT2D eigenvalue weighted by molar-refractivity contribution is -0.154. The standard InChI is InChI=1S/C41H80NO8P/c1-3-5-7-9-10-11-12-13-14-15-16-17-18-22-25-29-34-46-36-38(37-48-51(44,45)47-35-33-42)49-41(43)32-28-24-21-19-20-23-27-31-40-39(50-40)30-26-8-6-4-2/h13-14,38-40H,3-12,15-37,42H2,1-2H3,(H,44,45)/b14-13-. The van der Waals surface area contributed by atoms with E-state index in [9.17, 15) is 14.3 Å². The van der Waals surface area contributed by atoms with Gasteiger partial charge in [0.05, 0.1) is 32.0 Å². The number of ether oxygens (including phenoxy) is 3. The maximum Gasteiger partial charge on any atom is 0.472 e. The maximum atomic E-state index is 12.6. The molecule has 0 aliphatic carbocycles. The molecule has 10 heteroatoms. The fourth-order valence-corrected chi connectivity index (χ4v) is 7.13. The van der Waals surface area contributed by atoms with Crippen molar-refractivity contribution in [2.75, 3.05) is 33.0 Å². The Morgan fingerprint density at radius 3 is 1.73 bits per heavy atom. The normalized spacial score (nSPS) is 17.6. The van der Waals surface area contributed by atoms with Crippen molar-refractivity contribution in [1.82, 2.24) is 0 Å². The average molecular weight is 746 g/mol. The van der Waals surface area contributed by atoms with Crippen LogP contribution in [0.2, 0.25) is 0 Å². The highest BCUT2D eigenvalue weighted by molar-refractivity contribution is 7.47. The van der Waals surface area contributed by atoms with Crippen molar-refractivity contribution in [1.29, 1.82) is 0 Å². The molecule has 0 spiro atoms. The van der Waals surface area contributed by atoms with Crippen molar-refractivity contribution < 1.29 is 37.5 Å². The van der Waals surface area contributed by atoms with Gasteiger partial charge < -0.3 is 24.8 Å². The van der Waals surface area contributed by atoms with Crippen LogP contribution >= 0.6 is 7.82 Å². The Kier molecular flexibility index (Phi) is 33.0. The van der Waals surface area contributed by atoms with Crippen LogP contribution < -0.4 is 5.73 Å². The van der Waals surface area contributed by atoms with Gasteiger partial charge in [-0.3, -0.25) is 13.8 Å². The Morgan fingerprint density at radius 1 is 0.667 bits per heavy atom. The van der Waals surface area contributed by atoms with Crippen LogP contribution in [-0.2, 0) is 32.6 Å². The monoisotopic (exact) mass is 746 g/mol. The Bertz CT molecular complexity index is 860.